The van der Waals surface area contributed by atoms with Gasteiger partial charge in [-0.15, -0.1) is 0 Å². The Hall–Kier alpha value is -1.51. The number of hydrogen-bond acceptors (Lipinski definition) is 1. The molecule has 0 aliphatic rings. The molecule has 4 heteroatoms. The Balaban J connectivity index is 2.24. The molecule has 0 aliphatic carbocycles. The monoisotopic (exact) mass is 321 g/mol. The molecule has 0 heterocycles. The summed E-state index contributed by atoms with van der Waals surface area (Å²) in [5, 5.41) is 4.09. The van der Waals surface area contributed by atoms with E-state index in [1.807, 2.05) is 38.1 Å². The molecule has 110 valence electrons. The highest BCUT2D eigenvalue weighted by molar-refractivity contribution is 6.33. The number of halogens is 2. The van der Waals surface area contributed by atoms with E-state index in [0.29, 0.717) is 15.7 Å². The van der Waals surface area contributed by atoms with E-state index >= 15 is 0 Å². The minimum absolute atomic E-state index is 0.0691. The van der Waals surface area contributed by atoms with Crippen molar-refractivity contribution < 1.29 is 4.79 Å². The molecule has 0 unspecified atom stereocenters. The number of amides is 1. The molecule has 0 bridgehead atoms. The van der Waals surface area contributed by atoms with Gasteiger partial charge in [0.2, 0.25) is 5.91 Å². The lowest BCUT2D eigenvalue weighted by atomic mass is 9.87. The summed E-state index contributed by atoms with van der Waals surface area (Å²) in [6, 6.07) is 14.6. The highest BCUT2D eigenvalue weighted by Crippen LogP contribution is 2.29. The fraction of sp³-hybridized carbons (Fsp3) is 0.235. The number of rotatable bonds is 4. The van der Waals surface area contributed by atoms with Crippen LogP contribution in [-0.4, -0.2) is 5.91 Å². The summed E-state index contributed by atoms with van der Waals surface area (Å²) in [6.45, 7) is 4.04. The maximum atomic E-state index is 12.6. The second-order valence-corrected chi connectivity index (χ2v) is 6.09. The van der Waals surface area contributed by atoms with Crippen LogP contribution in [0.3, 0.4) is 0 Å². The number of carbonyl (C=O) groups excluding carboxylic acids is 1. The summed E-state index contributed by atoms with van der Waals surface area (Å²) in [5.41, 5.74) is 1.57. The Kier molecular flexibility index (Phi) is 5.27. The topological polar surface area (TPSA) is 29.1 Å². The minimum atomic E-state index is -0.251. The zero-order valence-corrected chi connectivity index (χ0v) is 13.4. The van der Waals surface area contributed by atoms with Crippen molar-refractivity contribution in [1.82, 2.24) is 0 Å². The highest BCUT2D eigenvalue weighted by Gasteiger charge is 2.24. The van der Waals surface area contributed by atoms with Crippen LogP contribution >= 0.6 is 23.2 Å². The van der Waals surface area contributed by atoms with Crippen molar-refractivity contribution in [3.63, 3.8) is 0 Å². The minimum Gasteiger partial charge on any atom is -0.324 e. The maximum absolute atomic E-state index is 12.6. The summed E-state index contributed by atoms with van der Waals surface area (Å²) in [7, 11) is 0. The lowest BCUT2D eigenvalue weighted by Gasteiger charge is -2.21. The molecule has 0 aliphatic heterocycles. The van der Waals surface area contributed by atoms with Gasteiger partial charge in [-0.25, -0.2) is 0 Å². The van der Waals surface area contributed by atoms with Crippen molar-refractivity contribution >= 4 is 34.8 Å². The number of benzene rings is 2. The van der Waals surface area contributed by atoms with E-state index in [2.05, 4.69) is 5.32 Å². The van der Waals surface area contributed by atoms with Crippen LogP contribution in [0.2, 0.25) is 10.0 Å². The number of carbonyl (C=O) groups is 1. The average molecular weight is 322 g/mol. The molecule has 1 atom stereocenters. The Morgan fingerprint density at radius 3 is 2.19 bits per heavy atom. The van der Waals surface area contributed by atoms with Crippen molar-refractivity contribution in [3.05, 3.63) is 64.1 Å². The molecule has 2 aromatic carbocycles. The predicted molar refractivity (Wildman–Crippen MR) is 89.1 cm³/mol. The number of anilines is 1. The van der Waals surface area contributed by atoms with Gasteiger partial charge in [-0.3, -0.25) is 4.79 Å². The first-order valence-electron chi connectivity index (χ1n) is 6.80. The Morgan fingerprint density at radius 1 is 1.00 bits per heavy atom. The SMILES string of the molecule is CC(C)[C@@H](C(=O)Nc1ccccc1Cl)c1ccc(Cl)cc1. The smallest absolute Gasteiger partial charge is 0.232 e. The Labute approximate surface area is 135 Å². The van der Waals surface area contributed by atoms with E-state index in [9.17, 15) is 4.79 Å². The van der Waals surface area contributed by atoms with Gasteiger partial charge >= 0.3 is 0 Å². The van der Waals surface area contributed by atoms with Crippen LogP contribution in [0.15, 0.2) is 48.5 Å². The molecule has 21 heavy (non-hydrogen) atoms. The first-order chi connectivity index (χ1) is 9.99. The Morgan fingerprint density at radius 2 is 1.62 bits per heavy atom. The van der Waals surface area contributed by atoms with E-state index in [1.165, 1.54) is 0 Å². The molecule has 2 rings (SSSR count). The lowest BCUT2D eigenvalue weighted by molar-refractivity contribution is -0.118. The first kappa shape index (κ1) is 15.9. The Bertz CT molecular complexity index is 623. The molecular weight excluding hydrogens is 305 g/mol. The zero-order chi connectivity index (χ0) is 15.4. The second-order valence-electron chi connectivity index (χ2n) is 5.24. The number of hydrogen-bond donors (Lipinski definition) is 1. The van der Waals surface area contributed by atoms with Gasteiger partial charge in [-0.2, -0.15) is 0 Å². The molecular formula is C17H17Cl2NO. The number of para-hydroxylation sites is 1. The maximum Gasteiger partial charge on any atom is 0.232 e. The van der Waals surface area contributed by atoms with Gasteiger partial charge in [0.25, 0.3) is 0 Å². The molecule has 2 nitrogen and oxygen atoms in total. The third kappa shape index (κ3) is 3.99. The third-order valence-electron chi connectivity index (χ3n) is 3.31. The van der Waals surface area contributed by atoms with Crippen LogP contribution in [0, 0.1) is 5.92 Å². The number of nitrogens with one attached hydrogen (secondary N) is 1. The van der Waals surface area contributed by atoms with Crippen molar-refractivity contribution in [1.29, 1.82) is 0 Å². The van der Waals surface area contributed by atoms with E-state index in [-0.39, 0.29) is 17.7 Å². The largest absolute Gasteiger partial charge is 0.324 e. The second kappa shape index (κ2) is 6.97. The van der Waals surface area contributed by atoms with E-state index < -0.39 is 0 Å². The quantitative estimate of drug-likeness (QED) is 0.805. The molecule has 1 N–H and O–H groups in total. The first-order valence-corrected chi connectivity index (χ1v) is 7.55. The fourth-order valence-electron chi connectivity index (χ4n) is 2.28. The molecule has 0 spiro atoms. The van der Waals surface area contributed by atoms with Crippen LogP contribution in [0.1, 0.15) is 25.3 Å². The summed E-state index contributed by atoms with van der Waals surface area (Å²) >= 11 is 12.0. The molecule has 0 radical (unpaired) electrons. The van der Waals surface area contributed by atoms with Gasteiger partial charge in [-0.1, -0.05) is 61.3 Å². The van der Waals surface area contributed by atoms with Gasteiger partial charge in [0.1, 0.15) is 0 Å². The normalized spacial score (nSPS) is 12.2. The fourth-order valence-corrected chi connectivity index (χ4v) is 2.59. The lowest BCUT2D eigenvalue weighted by Crippen LogP contribution is -2.25. The van der Waals surface area contributed by atoms with Crippen molar-refractivity contribution in [2.75, 3.05) is 5.32 Å². The molecule has 0 fully saturated rings. The summed E-state index contributed by atoms with van der Waals surface area (Å²) in [6.07, 6.45) is 0. The van der Waals surface area contributed by atoms with Crippen molar-refractivity contribution in [3.8, 4) is 0 Å². The van der Waals surface area contributed by atoms with Gasteiger partial charge in [-0.05, 0) is 35.7 Å². The highest BCUT2D eigenvalue weighted by atomic mass is 35.5. The van der Waals surface area contributed by atoms with Gasteiger partial charge in [0.05, 0.1) is 16.6 Å². The van der Waals surface area contributed by atoms with Gasteiger partial charge in [0, 0.05) is 5.02 Å². The zero-order valence-electron chi connectivity index (χ0n) is 11.9. The van der Waals surface area contributed by atoms with E-state index in [1.54, 1.807) is 24.3 Å². The van der Waals surface area contributed by atoms with Crippen molar-refractivity contribution in [2.45, 2.75) is 19.8 Å². The third-order valence-corrected chi connectivity index (χ3v) is 3.89. The molecule has 2 aromatic rings. The summed E-state index contributed by atoms with van der Waals surface area (Å²) in [4.78, 5) is 12.6. The van der Waals surface area contributed by atoms with Crippen LogP contribution in [0.5, 0.6) is 0 Å². The summed E-state index contributed by atoms with van der Waals surface area (Å²) < 4.78 is 0. The van der Waals surface area contributed by atoms with E-state index in [0.717, 1.165) is 5.56 Å². The van der Waals surface area contributed by atoms with Crippen LogP contribution < -0.4 is 5.32 Å². The van der Waals surface area contributed by atoms with Gasteiger partial charge in [0.15, 0.2) is 0 Å². The average Bonchev–Trinajstić information content (AvgIpc) is 2.43. The molecule has 0 aromatic heterocycles. The van der Waals surface area contributed by atoms with Crippen LogP contribution in [0.25, 0.3) is 0 Å². The molecule has 1 amide bonds. The van der Waals surface area contributed by atoms with E-state index in [4.69, 9.17) is 23.2 Å². The molecule has 0 saturated carbocycles. The summed E-state index contributed by atoms with van der Waals surface area (Å²) in [5.74, 6) is -0.160. The predicted octanol–water partition coefficient (Wildman–Crippen LogP) is 5.37. The van der Waals surface area contributed by atoms with Crippen molar-refractivity contribution in [2.24, 2.45) is 5.92 Å². The van der Waals surface area contributed by atoms with Crippen LogP contribution in [-0.2, 0) is 4.79 Å². The van der Waals surface area contributed by atoms with Crippen LogP contribution in [0.4, 0.5) is 5.69 Å². The van der Waals surface area contributed by atoms with Gasteiger partial charge < -0.3 is 5.32 Å². The molecule has 0 saturated heterocycles. The standard InChI is InChI=1S/C17H17Cl2NO/c1-11(2)16(12-7-9-13(18)10-8-12)17(21)20-15-6-4-3-5-14(15)19/h3-11,16H,1-2H3,(H,20,21)/t16-/m1/s1.